The summed E-state index contributed by atoms with van der Waals surface area (Å²) in [6.45, 7) is 4.28. The van der Waals surface area contributed by atoms with E-state index in [2.05, 4.69) is 36.3 Å². The fourth-order valence-electron chi connectivity index (χ4n) is 4.70. The van der Waals surface area contributed by atoms with Gasteiger partial charge in [0.2, 0.25) is 0 Å². The number of ketones is 1. The van der Waals surface area contributed by atoms with E-state index < -0.39 is 0 Å². The highest BCUT2D eigenvalue weighted by atomic mass is 35.5. The van der Waals surface area contributed by atoms with E-state index in [0.717, 1.165) is 45.4 Å². The normalized spacial score (nSPS) is 20.3. The lowest BCUT2D eigenvalue weighted by atomic mass is 9.68. The van der Waals surface area contributed by atoms with E-state index in [4.69, 9.17) is 23.2 Å². The fourth-order valence-corrected chi connectivity index (χ4v) is 5.21. The van der Waals surface area contributed by atoms with Crippen molar-refractivity contribution < 1.29 is 4.79 Å². The molecule has 0 bridgehead atoms. The lowest BCUT2D eigenvalue weighted by molar-refractivity contribution is -0.118. The van der Waals surface area contributed by atoms with Crippen molar-refractivity contribution in [3.05, 3.63) is 81.1 Å². The number of hydrogen-bond donors (Lipinski definition) is 1. The van der Waals surface area contributed by atoms with Gasteiger partial charge in [-0.25, -0.2) is 0 Å². The summed E-state index contributed by atoms with van der Waals surface area (Å²) in [4.78, 5) is 17.8. The first-order chi connectivity index (χ1) is 13.8. The Morgan fingerprint density at radius 3 is 2.66 bits per heavy atom. The third-order valence-corrected chi connectivity index (χ3v) is 6.45. The number of Topliss-reactive ketones (excluding diaryl/α,β-unsaturated/α-hetero) is 1. The van der Waals surface area contributed by atoms with Crippen LogP contribution in [0.25, 0.3) is 10.9 Å². The fraction of sp³-hybridized carbons (Fsp3) is 0.250. The summed E-state index contributed by atoms with van der Waals surface area (Å²) in [5.74, 6) is -0.0454. The molecule has 5 rings (SSSR count). The molecular formula is C24H20Cl2N2O. The Hall–Kier alpha value is -2.36. The van der Waals surface area contributed by atoms with Crippen molar-refractivity contribution in [3.8, 4) is 0 Å². The number of aromatic nitrogens is 1. The Labute approximate surface area is 179 Å². The molecule has 1 unspecified atom stereocenters. The summed E-state index contributed by atoms with van der Waals surface area (Å²) in [6, 6.07) is 13.6. The van der Waals surface area contributed by atoms with Gasteiger partial charge in [-0.2, -0.15) is 0 Å². The summed E-state index contributed by atoms with van der Waals surface area (Å²) in [7, 11) is 0. The topological polar surface area (TPSA) is 42.0 Å². The van der Waals surface area contributed by atoms with Crippen LogP contribution in [-0.2, 0) is 4.79 Å². The van der Waals surface area contributed by atoms with Gasteiger partial charge in [-0.15, -0.1) is 0 Å². The quantitative estimate of drug-likeness (QED) is 0.471. The van der Waals surface area contributed by atoms with Crippen LogP contribution in [0.3, 0.4) is 0 Å². The molecule has 5 heteroatoms. The lowest BCUT2D eigenvalue weighted by Crippen LogP contribution is -2.34. The van der Waals surface area contributed by atoms with Crippen LogP contribution in [0.5, 0.6) is 0 Å². The second-order valence-corrected chi connectivity index (χ2v) is 9.50. The smallest absolute Gasteiger partial charge is 0.162 e. The molecule has 2 heterocycles. The van der Waals surface area contributed by atoms with Crippen LogP contribution in [0.15, 0.2) is 59.9 Å². The van der Waals surface area contributed by atoms with Gasteiger partial charge >= 0.3 is 0 Å². The predicted molar refractivity (Wildman–Crippen MR) is 119 cm³/mol. The van der Waals surface area contributed by atoms with Crippen molar-refractivity contribution >= 4 is 45.6 Å². The van der Waals surface area contributed by atoms with E-state index >= 15 is 0 Å². The zero-order valence-corrected chi connectivity index (χ0v) is 17.7. The van der Waals surface area contributed by atoms with Gasteiger partial charge in [-0.05, 0) is 53.3 Å². The minimum absolute atomic E-state index is 0.0857. The van der Waals surface area contributed by atoms with Gasteiger partial charge in [0, 0.05) is 45.2 Å². The summed E-state index contributed by atoms with van der Waals surface area (Å²) in [5, 5.41) is 5.81. The molecule has 2 aliphatic rings. The number of carbonyl (C=O) groups excluding carboxylic acids is 1. The molecule has 3 nitrogen and oxygen atoms in total. The van der Waals surface area contributed by atoms with Crippen LogP contribution in [0.4, 0.5) is 5.69 Å². The highest BCUT2D eigenvalue weighted by molar-refractivity contribution is 6.35. The molecule has 1 aliphatic heterocycles. The van der Waals surface area contributed by atoms with Crippen molar-refractivity contribution in [2.75, 3.05) is 5.32 Å². The molecule has 0 spiro atoms. The van der Waals surface area contributed by atoms with E-state index in [9.17, 15) is 4.79 Å². The highest BCUT2D eigenvalue weighted by Gasteiger charge is 2.41. The number of allylic oxidation sites excluding steroid dienone is 2. The van der Waals surface area contributed by atoms with Gasteiger partial charge in [0.25, 0.3) is 0 Å². The molecule has 1 atom stereocenters. The second-order valence-electron chi connectivity index (χ2n) is 8.66. The van der Waals surface area contributed by atoms with Gasteiger partial charge in [-0.1, -0.05) is 49.2 Å². The number of pyridine rings is 1. The van der Waals surface area contributed by atoms with Gasteiger partial charge in [-0.3, -0.25) is 9.78 Å². The number of benzene rings is 2. The molecule has 29 heavy (non-hydrogen) atoms. The monoisotopic (exact) mass is 422 g/mol. The van der Waals surface area contributed by atoms with E-state index in [1.54, 1.807) is 12.3 Å². The maximum Gasteiger partial charge on any atom is 0.162 e. The zero-order chi connectivity index (χ0) is 20.3. The van der Waals surface area contributed by atoms with Crippen molar-refractivity contribution in [2.24, 2.45) is 5.41 Å². The van der Waals surface area contributed by atoms with E-state index in [0.29, 0.717) is 16.5 Å². The molecule has 0 radical (unpaired) electrons. The molecule has 0 amide bonds. The Morgan fingerprint density at radius 1 is 1.07 bits per heavy atom. The third-order valence-electron chi connectivity index (χ3n) is 5.89. The minimum Gasteiger partial charge on any atom is -0.358 e. The maximum atomic E-state index is 13.3. The molecule has 146 valence electrons. The van der Waals surface area contributed by atoms with Crippen LogP contribution in [0, 0.1) is 5.41 Å². The standard InChI is InChI=1S/C24H20Cl2N2O/c1-24(2)11-19-22(20(29)12-24)21(14-6-5-13(25)10-17(14)26)16-7-8-18-15(23(16)28-19)4-3-9-27-18/h3-10,21,28H,11-12H2,1-2H3. The number of rotatable bonds is 1. The number of carbonyl (C=O) groups is 1. The van der Waals surface area contributed by atoms with Gasteiger partial charge < -0.3 is 5.32 Å². The predicted octanol–water partition coefficient (Wildman–Crippen LogP) is 6.74. The molecule has 2 aromatic carbocycles. The van der Waals surface area contributed by atoms with Crippen molar-refractivity contribution in [3.63, 3.8) is 0 Å². The minimum atomic E-state index is -0.223. The molecular weight excluding hydrogens is 403 g/mol. The first-order valence-electron chi connectivity index (χ1n) is 9.70. The van der Waals surface area contributed by atoms with E-state index in [1.807, 2.05) is 24.3 Å². The first-order valence-corrected chi connectivity index (χ1v) is 10.5. The molecule has 1 N–H and O–H groups in total. The summed E-state index contributed by atoms with van der Waals surface area (Å²) < 4.78 is 0. The number of halogens is 2. The van der Waals surface area contributed by atoms with Crippen molar-refractivity contribution in [1.82, 2.24) is 4.98 Å². The molecule has 3 aromatic rings. The van der Waals surface area contributed by atoms with Gasteiger partial charge in [0.05, 0.1) is 11.2 Å². The Morgan fingerprint density at radius 2 is 1.86 bits per heavy atom. The van der Waals surface area contributed by atoms with Gasteiger partial charge in [0.1, 0.15) is 0 Å². The zero-order valence-electron chi connectivity index (χ0n) is 16.2. The van der Waals surface area contributed by atoms with E-state index in [-0.39, 0.29) is 17.1 Å². The van der Waals surface area contributed by atoms with Crippen LogP contribution in [0.2, 0.25) is 10.0 Å². The molecule has 0 fully saturated rings. The number of nitrogens with zero attached hydrogens (tertiary/aromatic N) is 1. The number of fused-ring (bicyclic) bond motifs is 3. The van der Waals surface area contributed by atoms with Crippen molar-refractivity contribution in [1.29, 1.82) is 0 Å². The van der Waals surface area contributed by atoms with Gasteiger partial charge in [0.15, 0.2) is 5.78 Å². The maximum absolute atomic E-state index is 13.3. The average Bonchev–Trinajstić information content (AvgIpc) is 2.66. The number of nitrogens with one attached hydrogen (secondary N) is 1. The third kappa shape index (κ3) is 3.04. The molecule has 1 aliphatic carbocycles. The summed E-state index contributed by atoms with van der Waals surface area (Å²) >= 11 is 12.8. The van der Waals surface area contributed by atoms with Crippen LogP contribution in [-0.4, -0.2) is 10.8 Å². The van der Waals surface area contributed by atoms with Crippen LogP contribution >= 0.6 is 23.2 Å². The first kappa shape index (κ1) is 18.7. The molecule has 0 saturated heterocycles. The number of anilines is 1. The van der Waals surface area contributed by atoms with Crippen molar-refractivity contribution in [2.45, 2.75) is 32.6 Å². The largest absolute Gasteiger partial charge is 0.358 e. The van der Waals surface area contributed by atoms with Crippen LogP contribution < -0.4 is 5.32 Å². The molecule has 1 aromatic heterocycles. The molecule has 0 saturated carbocycles. The van der Waals surface area contributed by atoms with E-state index in [1.165, 1.54) is 0 Å². The summed E-state index contributed by atoms with van der Waals surface area (Å²) in [5.41, 5.74) is 5.61. The number of hydrogen-bond acceptors (Lipinski definition) is 3. The Kier molecular flexibility index (Phi) is 4.23. The Balaban J connectivity index is 1.81. The highest BCUT2D eigenvalue weighted by Crippen LogP contribution is 2.51. The average molecular weight is 423 g/mol. The Bertz CT molecular complexity index is 1210. The SMILES string of the molecule is CC1(C)CC(=O)C2=C(C1)Nc1c(ccc3ncccc13)C2c1ccc(Cl)cc1Cl. The second kappa shape index (κ2) is 6.58. The lowest BCUT2D eigenvalue weighted by Gasteiger charge is -2.40. The summed E-state index contributed by atoms with van der Waals surface area (Å²) in [6.07, 6.45) is 3.13. The van der Waals surface area contributed by atoms with Crippen LogP contribution in [0.1, 0.15) is 43.7 Å².